The number of carbonyl (C=O) groups is 1. The maximum Gasteiger partial charge on any atom is 0.223 e. The number of aliphatic hydroxyl groups excluding tert-OH is 1. The number of rotatable bonds is 6. The summed E-state index contributed by atoms with van der Waals surface area (Å²) in [5.74, 6) is 1.94. The molecule has 1 amide bonds. The number of nitrogens with zero attached hydrogens (tertiary/aromatic N) is 3. The fourth-order valence-electron chi connectivity index (χ4n) is 4.25. The van der Waals surface area contributed by atoms with Gasteiger partial charge in [-0.15, -0.1) is 0 Å². The Morgan fingerprint density at radius 2 is 1.97 bits per heavy atom. The second kappa shape index (κ2) is 8.91. The van der Waals surface area contributed by atoms with Gasteiger partial charge in [-0.3, -0.25) is 4.79 Å². The van der Waals surface area contributed by atoms with Crippen molar-refractivity contribution in [3.8, 4) is 11.4 Å². The number of benzene rings is 1. The summed E-state index contributed by atoms with van der Waals surface area (Å²) in [6.07, 6.45) is 5.01. The van der Waals surface area contributed by atoms with E-state index in [1.807, 2.05) is 25.1 Å². The van der Waals surface area contributed by atoms with Gasteiger partial charge in [0.05, 0.1) is 6.10 Å². The van der Waals surface area contributed by atoms with E-state index in [0.717, 1.165) is 62.4 Å². The Labute approximate surface area is 172 Å². The molecule has 0 saturated carbocycles. The van der Waals surface area contributed by atoms with Crippen LogP contribution in [0.4, 0.5) is 5.82 Å². The third-order valence-electron chi connectivity index (χ3n) is 6.09. The van der Waals surface area contributed by atoms with Crippen molar-refractivity contribution < 1.29 is 9.90 Å². The molecule has 1 aromatic carbocycles. The van der Waals surface area contributed by atoms with Crippen LogP contribution in [0, 0.1) is 5.92 Å². The Hall–Kier alpha value is -2.47. The van der Waals surface area contributed by atoms with Crippen LogP contribution in [0.15, 0.2) is 30.3 Å². The normalized spacial score (nSPS) is 17.8. The highest BCUT2D eigenvalue weighted by atomic mass is 16.3. The zero-order chi connectivity index (χ0) is 20.2. The number of fused-ring (bicyclic) bond motifs is 1. The van der Waals surface area contributed by atoms with Crippen molar-refractivity contribution in [1.82, 2.24) is 15.3 Å². The molecule has 0 bridgehead atoms. The molecule has 2 aromatic rings. The van der Waals surface area contributed by atoms with Gasteiger partial charge in [0.15, 0.2) is 5.82 Å². The van der Waals surface area contributed by atoms with Gasteiger partial charge < -0.3 is 15.3 Å². The van der Waals surface area contributed by atoms with E-state index in [2.05, 4.69) is 22.3 Å². The molecule has 0 radical (unpaired) electrons. The van der Waals surface area contributed by atoms with E-state index in [4.69, 9.17) is 9.97 Å². The number of nitrogens with one attached hydrogen (secondary N) is 1. The van der Waals surface area contributed by atoms with Gasteiger partial charge in [0.1, 0.15) is 5.82 Å². The first-order chi connectivity index (χ1) is 14.2. The third kappa shape index (κ3) is 4.42. The quantitative estimate of drug-likeness (QED) is 0.788. The lowest BCUT2D eigenvalue weighted by atomic mass is 9.95. The molecular formula is C23H30N4O2. The van der Waals surface area contributed by atoms with Crippen LogP contribution in [0.2, 0.25) is 0 Å². The van der Waals surface area contributed by atoms with Gasteiger partial charge in [0.2, 0.25) is 5.91 Å². The Bertz CT molecular complexity index is 847. The van der Waals surface area contributed by atoms with E-state index in [1.165, 1.54) is 11.3 Å². The molecule has 6 nitrogen and oxygen atoms in total. The molecule has 2 N–H and O–H groups in total. The molecule has 1 aliphatic heterocycles. The lowest BCUT2D eigenvalue weighted by molar-refractivity contribution is -0.126. The summed E-state index contributed by atoms with van der Waals surface area (Å²) in [5.41, 5.74) is 3.52. The fraction of sp³-hybridized carbons (Fsp3) is 0.522. The van der Waals surface area contributed by atoms with Crippen LogP contribution in [-0.2, 0) is 17.6 Å². The molecule has 1 aliphatic carbocycles. The van der Waals surface area contributed by atoms with E-state index in [9.17, 15) is 9.90 Å². The molecule has 1 aromatic heterocycles. The first kappa shape index (κ1) is 19.8. The van der Waals surface area contributed by atoms with Crippen LogP contribution in [0.5, 0.6) is 0 Å². The number of aliphatic hydroxyl groups is 1. The fourth-order valence-corrected chi connectivity index (χ4v) is 4.25. The Kier molecular flexibility index (Phi) is 6.09. The molecule has 1 atom stereocenters. The molecule has 4 rings (SSSR count). The number of carbonyl (C=O) groups excluding carboxylic acids is 1. The molecule has 1 unspecified atom stereocenters. The van der Waals surface area contributed by atoms with Crippen molar-refractivity contribution >= 4 is 11.7 Å². The summed E-state index contributed by atoms with van der Waals surface area (Å²) in [7, 11) is 0. The van der Waals surface area contributed by atoms with Crippen molar-refractivity contribution in [2.75, 3.05) is 24.5 Å². The highest BCUT2D eigenvalue weighted by molar-refractivity contribution is 5.79. The zero-order valence-electron chi connectivity index (χ0n) is 17.1. The maximum atomic E-state index is 12.4. The highest BCUT2D eigenvalue weighted by Gasteiger charge is 2.29. The lowest BCUT2D eigenvalue weighted by Gasteiger charge is -2.33. The second-order valence-corrected chi connectivity index (χ2v) is 8.08. The summed E-state index contributed by atoms with van der Waals surface area (Å²) >= 11 is 0. The topological polar surface area (TPSA) is 78.4 Å². The molecule has 154 valence electrons. The summed E-state index contributed by atoms with van der Waals surface area (Å²) in [4.78, 5) is 24.6. The smallest absolute Gasteiger partial charge is 0.223 e. The van der Waals surface area contributed by atoms with Gasteiger partial charge in [0, 0.05) is 42.4 Å². The van der Waals surface area contributed by atoms with Crippen molar-refractivity contribution in [1.29, 1.82) is 0 Å². The van der Waals surface area contributed by atoms with Gasteiger partial charge in [0.25, 0.3) is 0 Å². The number of piperidine rings is 1. The largest absolute Gasteiger partial charge is 0.391 e. The molecule has 2 aliphatic rings. The first-order valence-corrected chi connectivity index (χ1v) is 10.8. The van der Waals surface area contributed by atoms with Crippen LogP contribution in [0.1, 0.15) is 43.9 Å². The van der Waals surface area contributed by atoms with Crippen molar-refractivity contribution in [2.45, 2.75) is 51.6 Å². The third-order valence-corrected chi connectivity index (χ3v) is 6.09. The predicted octanol–water partition coefficient (Wildman–Crippen LogP) is 2.74. The molecule has 1 saturated heterocycles. The monoisotopic (exact) mass is 394 g/mol. The molecule has 29 heavy (non-hydrogen) atoms. The molecule has 6 heteroatoms. The van der Waals surface area contributed by atoms with Crippen LogP contribution in [0.3, 0.4) is 0 Å². The van der Waals surface area contributed by atoms with Gasteiger partial charge in [-0.1, -0.05) is 37.3 Å². The van der Waals surface area contributed by atoms with Crippen LogP contribution in [-0.4, -0.2) is 46.7 Å². The van der Waals surface area contributed by atoms with Crippen LogP contribution in [0.25, 0.3) is 11.4 Å². The summed E-state index contributed by atoms with van der Waals surface area (Å²) in [5, 5.41) is 12.6. The van der Waals surface area contributed by atoms with Gasteiger partial charge in [-0.05, 0) is 38.5 Å². The van der Waals surface area contributed by atoms with Crippen molar-refractivity contribution in [3.05, 3.63) is 41.6 Å². The van der Waals surface area contributed by atoms with Crippen molar-refractivity contribution in [3.63, 3.8) is 0 Å². The average molecular weight is 395 g/mol. The van der Waals surface area contributed by atoms with Crippen LogP contribution < -0.4 is 10.2 Å². The van der Waals surface area contributed by atoms with E-state index in [1.54, 1.807) is 0 Å². The molecule has 2 heterocycles. The maximum absolute atomic E-state index is 12.4. The summed E-state index contributed by atoms with van der Waals surface area (Å²) < 4.78 is 0. The van der Waals surface area contributed by atoms with Gasteiger partial charge >= 0.3 is 0 Å². The van der Waals surface area contributed by atoms with E-state index in [0.29, 0.717) is 13.0 Å². The number of hydrogen-bond acceptors (Lipinski definition) is 5. The van der Waals surface area contributed by atoms with Crippen molar-refractivity contribution in [2.24, 2.45) is 5.92 Å². The number of aryl methyl sites for hydroxylation is 1. The number of hydrogen-bond donors (Lipinski definition) is 2. The van der Waals surface area contributed by atoms with Gasteiger partial charge in [-0.25, -0.2) is 9.97 Å². The number of aromatic nitrogens is 2. The average Bonchev–Trinajstić information content (AvgIpc) is 3.26. The highest BCUT2D eigenvalue weighted by Crippen LogP contribution is 2.33. The molecule has 0 spiro atoms. The summed E-state index contributed by atoms with van der Waals surface area (Å²) in [6.45, 7) is 3.91. The minimum atomic E-state index is -0.459. The minimum absolute atomic E-state index is 0.0128. The predicted molar refractivity (Wildman–Crippen MR) is 114 cm³/mol. The van der Waals surface area contributed by atoms with Gasteiger partial charge in [-0.2, -0.15) is 0 Å². The SMILES string of the molecule is CCC(O)CNC(=O)C1CCN(c2nc(-c3ccccc3)nc3c2CCC3)CC1. The van der Waals surface area contributed by atoms with Crippen LogP contribution >= 0.6 is 0 Å². The van der Waals surface area contributed by atoms with E-state index in [-0.39, 0.29) is 11.8 Å². The van der Waals surface area contributed by atoms with E-state index >= 15 is 0 Å². The molecule has 1 fully saturated rings. The number of amides is 1. The standard InChI is InChI=1S/C23H30N4O2/c1-2-18(28)15-24-23(29)17-11-13-27(14-12-17)22-19-9-6-10-20(19)25-21(26-22)16-7-4-3-5-8-16/h3-5,7-8,17-18,28H,2,6,9-15H2,1H3,(H,24,29). The lowest BCUT2D eigenvalue weighted by Crippen LogP contribution is -2.43. The minimum Gasteiger partial charge on any atom is -0.391 e. The summed E-state index contributed by atoms with van der Waals surface area (Å²) in [6, 6.07) is 10.2. The molecular weight excluding hydrogens is 364 g/mol. The number of anilines is 1. The first-order valence-electron chi connectivity index (χ1n) is 10.8. The Morgan fingerprint density at radius 3 is 2.69 bits per heavy atom. The second-order valence-electron chi connectivity index (χ2n) is 8.08. The zero-order valence-corrected chi connectivity index (χ0v) is 17.1. The van der Waals surface area contributed by atoms with E-state index < -0.39 is 6.10 Å². The Balaban J connectivity index is 1.47. The Morgan fingerprint density at radius 1 is 1.21 bits per heavy atom.